The highest BCUT2D eigenvalue weighted by molar-refractivity contribution is 5.86. The van der Waals surface area contributed by atoms with Crippen molar-refractivity contribution < 1.29 is 9.32 Å². The Balaban J connectivity index is 2.07. The van der Waals surface area contributed by atoms with Crippen LogP contribution in [0.2, 0.25) is 0 Å². The van der Waals surface area contributed by atoms with Crippen LogP contribution in [0.5, 0.6) is 0 Å². The van der Waals surface area contributed by atoms with Gasteiger partial charge in [-0.05, 0) is 25.3 Å². The Labute approximate surface area is 94.7 Å². The molecule has 0 bridgehead atoms. The molecular formula is C12H16N2O2. The molecule has 1 aromatic rings. The monoisotopic (exact) mass is 220 g/mol. The summed E-state index contributed by atoms with van der Waals surface area (Å²) in [5.41, 5.74) is 2.06. The zero-order valence-corrected chi connectivity index (χ0v) is 9.29. The SMILES string of the molecule is C=CC(=O)NCc1noc2c1CCCCC2. The Kier molecular flexibility index (Phi) is 3.39. The number of carbonyl (C=O) groups excluding carboxylic acids is 1. The predicted octanol–water partition coefficient (Wildman–Crippen LogP) is 1.75. The maximum Gasteiger partial charge on any atom is 0.243 e. The molecule has 1 heterocycles. The van der Waals surface area contributed by atoms with E-state index in [1.54, 1.807) is 0 Å². The van der Waals surface area contributed by atoms with E-state index in [0.29, 0.717) is 6.54 Å². The van der Waals surface area contributed by atoms with E-state index in [4.69, 9.17) is 4.52 Å². The molecule has 0 radical (unpaired) electrons. The number of aromatic nitrogens is 1. The van der Waals surface area contributed by atoms with Gasteiger partial charge < -0.3 is 9.84 Å². The van der Waals surface area contributed by atoms with Crippen LogP contribution in [0.3, 0.4) is 0 Å². The molecule has 0 fully saturated rings. The minimum absolute atomic E-state index is 0.176. The molecule has 0 atom stereocenters. The van der Waals surface area contributed by atoms with E-state index in [0.717, 1.165) is 24.3 Å². The molecule has 1 aliphatic carbocycles. The third-order valence-electron chi connectivity index (χ3n) is 2.90. The van der Waals surface area contributed by atoms with Crippen molar-refractivity contribution in [1.82, 2.24) is 10.5 Å². The molecular weight excluding hydrogens is 204 g/mol. The second-order valence-electron chi connectivity index (χ2n) is 4.01. The smallest absolute Gasteiger partial charge is 0.243 e. The number of fused-ring (bicyclic) bond motifs is 1. The van der Waals surface area contributed by atoms with Gasteiger partial charge in [0, 0.05) is 12.0 Å². The lowest BCUT2D eigenvalue weighted by Crippen LogP contribution is -2.20. The predicted molar refractivity (Wildman–Crippen MR) is 59.8 cm³/mol. The van der Waals surface area contributed by atoms with Gasteiger partial charge in [-0.25, -0.2) is 0 Å². The van der Waals surface area contributed by atoms with E-state index in [-0.39, 0.29) is 5.91 Å². The first-order valence-corrected chi connectivity index (χ1v) is 5.68. The van der Waals surface area contributed by atoms with Gasteiger partial charge in [0.05, 0.1) is 6.54 Å². The third-order valence-corrected chi connectivity index (χ3v) is 2.90. The first kappa shape index (κ1) is 10.9. The summed E-state index contributed by atoms with van der Waals surface area (Å²) in [7, 11) is 0. The Morgan fingerprint density at radius 1 is 1.44 bits per heavy atom. The Morgan fingerprint density at radius 3 is 3.06 bits per heavy atom. The largest absolute Gasteiger partial charge is 0.361 e. The second-order valence-corrected chi connectivity index (χ2v) is 4.01. The standard InChI is InChI=1S/C12H16N2O2/c1-2-12(15)13-8-10-9-6-4-3-5-7-11(9)16-14-10/h2H,1,3-8H2,(H,13,15). The molecule has 4 heteroatoms. The van der Waals surface area contributed by atoms with E-state index in [1.165, 1.54) is 30.9 Å². The molecule has 2 rings (SSSR count). The van der Waals surface area contributed by atoms with Gasteiger partial charge in [0.25, 0.3) is 0 Å². The van der Waals surface area contributed by atoms with Gasteiger partial charge in [0.2, 0.25) is 5.91 Å². The molecule has 1 aliphatic rings. The van der Waals surface area contributed by atoms with Crippen LogP contribution in [0.25, 0.3) is 0 Å². The highest BCUT2D eigenvalue weighted by atomic mass is 16.5. The van der Waals surface area contributed by atoms with Crippen molar-refractivity contribution in [3.05, 3.63) is 29.7 Å². The summed E-state index contributed by atoms with van der Waals surface area (Å²) in [6.45, 7) is 3.84. The summed E-state index contributed by atoms with van der Waals surface area (Å²) < 4.78 is 5.31. The lowest BCUT2D eigenvalue weighted by molar-refractivity contribution is -0.116. The van der Waals surface area contributed by atoms with Crippen LogP contribution in [-0.4, -0.2) is 11.1 Å². The molecule has 16 heavy (non-hydrogen) atoms. The first-order valence-electron chi connectivity index (χ1n) is 5.68. The molecule has 4 nitrogen and oxygen atoms in total. The highest BCUT2D eigenvalue weighted by Gasteiger charge is 2.17. The number of rotatable bonds is 3. The molecule has 0 aromatic carbocycles. The Hall–Kier alpha value is -1.58. The van der Waals surface area contributed by atoms with Crippen LogP contribution in [-0.2, 0) is 24.2 Å². The lowest BCUT2D eigenvalue weighted by atomic mass is 10.1. The van der Waals surface area contributed by atoms with Crippen LogP contribution in [0.1, 0.15) is 36.3 Å². The van der Waals surface area contributed by atoms with Gasteiger partial charge in [-0.15, -0.1) is 0 Å². The molecule has 0 spiro atoms. The van der Waals surface area contributed by atoms with E-state index in [1.807, 2.05) is 0 Å². The molecule has 1 amide bonds. The van der Waals surface area contributed by atoms with Crippen molar-refractivity contribution >= 4 is 5.91 Å². The molecule has 86 valence electrons. The summed E-state index contributed by atoms with van der Waals surface area (Å²) in [6, 6.07) is 0. The van der Waals surface area contributed by atoms with Gasteiger partial charge >= 0.3 is 0 Å². The van der Waals surface area contributed by atoms with Crippen molar-refractivity contribution in [3.63, 3.8) is 0 Å². The van der Waals surface area contributed by atoms with Crippen molar-refractivity contribution in [1.29, 1.82) is 0 Å². The molecule has 0 saturated carbocycles. The first-order chi connectivity index (χ1) is 7.81. The van der Waals surface area contributed by atoms with Gasteiger partial charge in [-0.3, -0.25) is 4.79 Å². The van der Waals surface area contributed by atoms with Crippen molar-refractivity contribution in [2.45, 2.75) is 38.6 Å². The van der Waals surface area contributed by atoms with Crippen molar-refractivity contribution in [2.24, 2.45) is 0 Å². The minimum atomic E-state index is -0.176. The van der Waals surface area contributed by atoms with E-state index in [9.17, 15) is 4.79 Å². The number of nitrogens with zero attached hydrogens (tertiary/aromatic N) is 1. The Bertz CT molecular complexity index is 396. The summed E-state index contributed by atoms with van der Waals surface area (Å²) in [4.78, 5) is 11.1. The zero-order chi connectivity index (χ0) is 11.4. The normalized spacial score (nSPS) is 15.0. The summed E-state index contributed by atoms with van der Waals surface area (Å²) in [5.74, 6) is 0.825. The molecule has 0 aliphatic heterocycles. The van der Waals surface area contributed by atoms with Gasteiger partial charge in [-0.2, -0.15) is 0 Å². The summed E-state index contributed by atoms with van der Waals surface area (Å²) in [6.07, 6.45) is 6.83. The quantitative estimate of drug-likeness (QED) is 0.623. The average molecular weight is 220 g/mol. The van der Waals surface area contributed by atoms with E-state index in [2.05, 4.69) is 17.1 Å². The molecule has 1 aromatic heterocycles. The van der Waals surface area contributed by atoms with E-state index >= 15 is 0 Å². The molecule has 0 saturated heterocycles. The molecule has 1 N–H and O–H groups in total. The number of hydrogen-bond donors (Lipinski definition) is 1. The minimum Gasteiger partial charge on any atom is -0.361 e. The van der Waals surface area contributed by atoms with Gasteiger partial charge in [-0.1, -0.05) is 18.2 Å². The van der Waals surface area contributed by atoms with Gasteiger partial charge in [0.1, 0.15) is 11.5 Å². The second kappa shape index (κ2) is 4.96. The zero-order valence-electron chi connectivity index (χ0n) is 9.29. The number of aryl methyl sites for hydroxylation is 1. The van der Waals surface area contributed by atoms with Crippen molar-refractivity contribution in [2.75, 3.05) is 0 Å². The van der Waals surface area contributed by atoms with Crippen LogP contribution < -0.4 is 5.32 Å². The van der Waals surface area contributed by atoms with Crippen LogP contribution in [0.15, 0.2) is 17.2 Å². The average Bonchev–Trinajstić information content (AvgIpc) is 2.54. The van der Waals surface area contributed by atoms with Crippen LogP contribution in [0.4, 0.5) is 0 Å². The van der Waals surface area contributed by atoms with Crippen molar-refractivity contribution in [3.8, 4) is 0 Å². The fourth-order valence-electron chi connectivity index (χ4n) is 2.01. The maximum atomic E-state index is 11.1. The lowest BCUT2D eigenvalue weighted by Gasteiger charge is -2.01. The van der Waals surface area contributed by atoms with Crippen LogP contribution >= 0.6 is 0 Å². The summed E-state index contributed by atoms with van der Waals surface area (Å²) >= 11 is 0. The van der Waals surface area contributed by atoms with Gasteiger partial charge in [0.15, 0.2) is 0 Å². The maximum absolute atomic E-state index is 11.1. The third kappa shape index (κ3) is 2.32. The number of carbonyl (C=O) groups is 1. The van der Waals surface area contributed by atoms with Crippen LogP contribution in [0, 0.1) is 0 Å². The summed E-state index contributed by atoms with van der Waals surface area (Å²) in [5, 5.41) is 6.75. The highest BCUT2D eigenvalue weighted by Crippen LogP contribution is 2.23. The number of amides is 1. The fourth-order valence-corrected chi connectivity index (χ4v) is 2.01. The van der Waals surface area contributed by atoms with E-state index < -0.39 is 0 Å². The number of nitrogens with one attached hydrogen (secondary N) is 1. The number of hydrogen-bond acceptors (Lipinski definition) is 3. The Morgan fingerprint density at radius 2 is 2.25 bits per heavy atom. The molecule has 0 unspecified atom stereocenters. The fraction of sp³-hybridized carbons (Fsp3) is 0.500. The topological polar surface area (TPSA) is 55.1 Å².